The van der Waals surface area contributed by atoms with Gasteiger partial charge < -0.3 is 15.0 Å². The molecule has 4 heteroatoms. The second-order valence-corrected chi connectivity index (χ2v) is 8.24. The number of benzene rings is 1. The average molecular weight is 347 g/mol. The molecule has 1 heterocycles. The van der Waals surface area contributed by atoms with Gasteiger partial charge in [-0.3, -0.25) is 4.79 Å². The van der Waals surface area contributed by atoms with Crippen LogP contribution in [0, 0.1) is 12.8 Å². The number of likely N-dealkylation sites (N-methyl/N-ethyl adjacent to an activating group) is 1. The van der Waals surface area contributed by atoms with E-state index in [0.717, 1.165) is 26.0 Å². The zero-order valence-electron chi connectivity index (χ0n) is 16.5. The van der Waals surface area contributed by atoms with Crippen molar-refractivity contribution >= 4 is 5.91 Å². The number of carbonyl (C=O) groups excluding carboxylic acids is 1. The highest BCUT2D eigenvalue weighted by atomic mass is 16.5. The van der Waals surface area contributed by atoms with Crippen LogP contribution in [0.4, 0.5) is 0 Å². The van der Waals surface area contributed by atoms with Gasteiger partial charge in [0.25, 0.3) is 0 Å². The van der Waals surface area contributed by atoms with Crippen molar-refractivity contribution in [2.24, 2.45) is 5.92 Å². The summed E-state index contributed by atoms with van der Waals surface area (Å²) in [7, 11) is 4.04. The minimum Gasteiger partial charge on any atom is -0.376 e. The maximum absolute atomic E-state index is 12.5. The fraction of sp³-hybridized carbons (Fsp3) is 0.667. The SMILES string of the molecule is Cc1ccc([C@H](CC(=O)NCCN(C)C)[C@@H]2CCOC(C)(C)C2)cc1. The number of ether oxygens (including phenoxy) is 1. The molecule has 1 saturated heterocycles. The molecular formula is C21H34N2O2. The molecule has 2 atom stereocenters. The van der Waals surface area contributed by atoms with Gasteiger partial charge in [0, 0.05) is 26.1 Å². The van der Waals surface area contributed by atoms with Gasteiger partial charge in [0.1, 0.15) is 0 Å². The Labute approximate surface area is 152 Å². The zero-order valence-corrected chi connectivity index (χ0v) is 16.5. The Morgan fingerprint density at radius 1 is 1.32 bits per heavy atom. The molecule has 2 rings (SSSR count). The molecule has 1 aromatic carbocycles. The van der Waals surface area contributed by atoms with Crippen LogP contribution in [0.15, 0.2) is 24.3 Å². The molecule has 140 valence electrons. The Bertz CT molecular complexity index is 552. The number of amides is 1. The number of nitrogens with zero attached hydrogens (tertiary/aromatic N) is 1. The van der Waals surface area contributed by atoms with E-state index in [0.29, 0.717) is 18.9 Å². The van der Waals surface area contributed by atoms with Gasteiger partial charge in [-0.15, -0.1) is 0 Å². The van der Waals surface area contributed by atoms with E-state index in [-0.39, 0.29) is 17.4 Å². The lowest BCUT2D eigenvalue weighted by Gasteiger charge is -2.39. The van der Waals surface area contributed by atoms with E-state index >= 15 is 0 Å². The second-order valence-electron chi connectivity index (χ2n) is 8.24. The summed E-state index contributed by atoms with van der Waals surface area (Å²) in [5, 5.41) is 3.07. The van der Waals surface area contributed by atoms with E-state index in [1.807, 2.05) is 14.1 Å². The fourth-order valence-electron chi connectivity index (χ4n) is 3.68. The molecule has 1 aliphatic rings. The van der Waals surface area contributed by atoms with Gasteiger partial charge in [-0.2, -0.15) is 0 Å². The van der Waals surface area contributed by atoms with E-state index in [1.165, 1.54) is 11.1 Å². The van der Waals surface area contributed by atoms with Gasteiger partial charge in [0.05, 0.1) is 5.60 Å². The molecule has 1 amide bonds. The van der Waals surface area contributed by atoms with Gasteiger partial charge in [-0.05, 0) is 65.1 Å². The molecule has 0 unspecified atom stereocenters. The van der Waals surface area contributed by atoms with Crippen LogP contribution in [0.5, 0.6) is 0 Å². The van der Waals surface area contributed by atoms with Gasteiger partial charge in [-0.25, -0.2) is 0 Å². The Balaban J connectivity index is 2.09. The molecule has 4 nitrogen and oxygen atoms in total. The van der Waals surface area contributed by atoms with Gasteiger partial charge in [-0.1, -0.05) is 29.8 Å². The van der Waals surface area contributed by atoms with Crippen LogP contribution in [-0.4, -0.2) is 50.2 Å². The van der Waals surface area contributed by atoms with Crippen LogP contribution in [-0.2, 0) is 9.53 Å². The first-order chi connectivity index (χ1) is 11.8. The molecule has 1 fully saturated rings. The maximum atomic E-state index is 12.5. The number of aryl methyl sites for hydroxylation is 1. The first kappa shape index (κ1) is 19.9. The van der Waals surface area contributed by atoms with E-state index in [2.05, 4.69) is 55.3 Å². The summed E-state index contributed by atoms with van der Waals surface area (Å²) in [5.41, 5.74) is 2.43. The van der Waals surface area contributed by atoms with Crippen molar-refractivity contribution in [3.63, 3.8) is 0 Å². The molecule has 0 radical (unpaired) electrons. The summed E-state index contributed by atoms with van der Waals surface area (Å²) in [5.74, 6) is 0.880. The van der Waals surface area contributed by atoms with Crippen molar-refractivity contribution in [2.75, 3.05) is 33.8 Å². The topological polar surface area (TPSA) is 41.6 Å². The average Bonchev–Trinajstić information content (AvgIpc) is 2.52. The summed E-state index contributed by atoms with van der Waals surface area (Å²) in [6, 6.07) is 8.68. The number of rotatable bonds is 7. The highest BCUT2D eigenvalue weighted by Crippen LogP contribution is 2.40. The third-order valence-corrected chi connectivity index (χ3v) is 5.10. The lowest BCUT2D eigenvalue weighted by Crippen LogP contribution is -2.38. The smallest absolute Gasteiger partial charge is 0.220 e. The minimum absolute atomic E-state index is 0.104. The number of hydrogen-bond acceptors (Lipinski definition) is 3. The maximum Gasteiger partial charge on any atom is 0.220 e. The summed E-state index contributed by atoms with van der Waals surface area (Å²) in [6.07, 6.45) is 2.57. The standard InChI is InChI=1S/C21H34N2O2/c1-16-6-8-17(9-7-16)19(14-20(24)22-11-12-23(4)5)18-10-13-25-21(2,3)15-18/h6-9,18-19H,10-15H2,1-5H3,(H,22,24)/t18-,19+/m1/s1. The summed E-state index contributed by atoms with van der Waals surface area (Å²) < 4.78 is 5.89. The van der Waals surface area contributed by atoms with Crippen molar-refractivity contribution in [3.05, 3.63) is 35.4 Å². The zero-order chi connectivity index (χ0) is 18.4. The minimum atomic E-state index is -0.104. The van der Waals surface area contributed by atoms with Crippen LogP contribution in [0.25, 0.3) is 0 Å². The summed E-state index contributed by atoms with van der Waals surface area (Å²) >= 11 is 0. The summed E-state index contributed by atoms with van der Waals surface area (Å²) in [6.45, 7) is 8.76. The summed E-state index contributed by atoms with van der Waals surface area (Å²) in [4.78, 5) is 14.6. The van der Waals surface area contributed by atoms with Gasteiger partial charge in [0.15, 0.2) is 0 Å². The molecule has 0 bridgehead atoms. The Morgan fingerprint density at radius 3 is 2.60 bits per heavy atom. The quantitative estimate of drug-likeness (QED) is 0.823. The van der Waals surface area contributed by atoms with E-state index < -0.39 is 0 Å². The predicted octanol–water partition coefficient (Wildman–Crippen LogP) is 3.35. The molecule has 0 saturated carbocycles. The van der Waals surface area contributed by atoms with Crippen molar-refractivity contribution in [2.45, 2.75) is 51.6 Å². The Morgan fingerprint density at radius 2 is 2.00 bits per heavy atom. The third kappa shape index (κ3) is 6.44. The molecular weight excluding hydrogens is 312 g/mol. The third-order valence-electron chi connectivity index (χ3n) is 5.10. The van der Waals surface area contributed by atoms with E-state index in [1.54, 1.807) is 0 Å². The van der Waals surface area contributed by atoms with Gasteiger partial charge in [0.2, 0.25) is 5.91 Å². The lowest BCUT2D eigenvalue weighted by molar-refractivity contribution is -0.123. The normalized spacial score (nSPS) is 21.1. The van der Waals surface area contributed by atoms with Crippen LogP contribution in [0.1, 0.15) is 50.2 Å². The lowest BCUT2D eigenvalue weighted by atomic mass is 9.75. The van der Waals surface area contributed by atoms with Crippen LogP contribution in [0.2, 0.25) is 0 Å². The van der Waals surface area contributed by atoms with Crippen molar-refractivity contribution in [1.29, 1.82) is 0 Å². The van der Waals surface area contributed by atoms with Gasteiger partial charge >= 0.3 is 0 Å². The highest BCUT2D eigenvalue weighted by molar-refractivity contribution is 5.77. The fourth-order valence-corrected chi connectivity index (χ4v) is 3.68. The van der Waals surface area contributed by atoms with Crippen LogP contribution < -0.4 is 5.32 Å². The molecule has 25 heavy (non-hydrogen) atoms. The molecule has 0 spiro atoms. The molecule has 1 aliphatic heterocycles. The van der Waals surface area contributed by atoms with E-state index in [4.69, 9.17) is 4.74 Å². The van der Waals surface area contributed by atoms with Crippen LogP contribution in [0.3, 0.4) is 0 Å². The number of nitrogens with one attached hydrogen (secondary N) is 1. The van der Waals surface area contributed by atoms with Crippen molar-refractivity contribution < 1.29 is 9.53 Å². The molecule has 1 aromatic rings. The second kappa shape index (κ2) is 8.81. The number of hydrogen-bond donors (Lipinski definition) is 1. The Kier molecular flexibility index (Phi) is 7.03. The van der Waals surface area contributed by atoms with E-state index in [9.17, 15) is 4.79 Å². The van der Waals surface area contributed by atoms with Crippen LogP contribution >= 0.6 is 0 Å². The molecule has 0 aliphatic carbocycles. The van der Waals surface area contributed by atoms with Crippen molar-refractivity contribution in [3.8, 4) is 0 Å². The molecule has 1 N–H and O–H groups in total. The first-order valence-electron chi connectivity index (χ1n) is 9.39. The molecule has 0 aromatic heterocycles. The highest BCUT2D eigenvalue weighted by Gasteiger charge is 2.35. The van der Waals surface area contributed by atoms with Crippen molar-refractivity contribution in [1.82, 2.24) is 10.2 Å². The Hall–Kier alpha value is -1.39. The monoisotopic (exact) mass is 346 g/mol. The predicted molar refractivity (Wildman–Crippen MR) is 103 cm³/mol. The number of carbonyl (C=O) groups is 1. The largest absolute Gasteiger partial charge is 0.376 e. The first-order valence-corrected chi connectivity index (χ1v) is 9.39.